The van der Waals surface area contributed by atoms with Crippen LogP contribution in [0, 0.1) is 5.82 Å². The molecule has 1 aliphatic heterocycles. The van der Waals surface area contributed by atoms with Crippen molar-refractivity contribution in [1.82, 2.24) is 5.32 Å². The van der Waals surface area contributed by atoms with Gasteiger partial charge in [0.15, 0.2) is 0 Å². The summed E-state index contributed by atoms with van der Waals surface area (Å²) in [6.45, 7) is 1.64. The predicted octanol–water partition coefficient (Wildman–Crippen LogP) is 1.90. The maximum absolute atomic E-state index is 13.4. The molecule has 1 aromatic rings. The third-order valence-electron chi connectivity index (χ3n) is 2.63. The van der Waals surface area contributed by atoms with Crippen LogP contribution in [0.2, 0.25) is 0 Å². The Kier molecular flexibility index (Phi) is 3.01. The van der Waals surface area contributed by atoms with Crippen molar-refractivity contribution in [2.75, 3.05) is 13.1 Å². The Morgan fingerprint density at radius 2 is 2.25 bits per heavy atom. The Hall–Kier alpha value is -1.68. The Morgan fingerprint density at radius 1 is 1.44 bits per heavy atom. The Labute approximate surface area is 92.6 Å². The van der Waals surface area contributed by atoms with Crippen LogP contribution in [0.3, 0.4) is 0 Å². The van der Waals surface area contributed by atoms with E-state index in [1.54, 1.807) is 6.07 Å². The largest absolute Gasteiger partial charge is 0.478 e. The minimum absolute atomic E-state index is 0.279. The molecule has 1 aliphatic rings. The summed E-state index contributed by atoms with van der Waals surface area (Å²) in [6, 6.07) is 4.26. The van der Waals surface area contributed by atoms with Crippen LogP contribution in [-0.4, -0.2) is 24.2 Å². The zero-order valence-corrected chi connectivity index (χ0v) is 8.66. The average molecular weight is 221 g/mol. The van der Waals surface area contributed by atoms with Crippen LogP contribution in [0.1, 0.15) is 22.3 Å². The lowest BCUT2D eigenvalue weighted by Crippen LogP contribution is -2.20. The van der Waals surface area contributed by atoms with E-state index < -0.39 is 11.8 Å². The fraction of sp³-hybridized carbons (Fsp3) is 0.250. The minimum atomic E-state index is -1.23. The average Bonchev–Trinajstić information content (AvgIpc) is 2.29. The number of halogens is 1. The van der Waals surface area contributed by atoms with E-state index in [0.29, 0.717) is 0 Å². The lowest BCUT2D eigenvalue weighted by atomic mass is 9.99. The number of aromatic carboxylic acids is 1. The van der Waals surface area contributed by atoms with Gasteiger partial charge >= 0.3 is 5.97 Å². The molecule has 2 N–H and O–H groups in total. The first-order valence-electron chi connectivity index (χ1n) is 5.11. The number of nitrogens with one attached hydrogen (secondary N) is 1. The van der Waals surface area contributed by atoms with Gasteiger partial charge in [-0.15, -0.1) is 0 Å². The number of benzene rings is 1. The molecule has 0 saturated carbocycles. The molecular formula is C12H12FNO2. The highest BCUT2D eigenvalue weighted by atomic mass is 19.1. The highest BCUT2D eigenvalue weighted by Gasteiger charge is 2.12. The van der Waals surface area contributed by atoms with Gasteiger partial charge in [0.1, 0.15) is 5.82 Å². The molecule has 4 heteroatoms. The maximum Gasteiger partial charge on any atom is 0.338 e. The highest BCUT2D eigenvalue weighted by Crippen LogP contribution is 2.21. The summed E-state index contributed by atoms with van der Waals surface area (Å²) >= 11 is 0. The molecule has 0 bridgehead atoms. The van der Waals surface area contributed by atoms with E-state index in [2.05, 4.69) is 5.32 Å². The molecule has 84 valence electrons. The molecular weight excluding hydrogens is 209 g/mol. The van der Waals surface area contributed by atoms with E-state index in [-0.39, 0.29) is 5.56 Å². The topological polar surface area (TPSA) is 49.3 Å². The van der Waals surface area contributed by atoms with E-state index in [1.165, 1.54) is 12.1 Å². The van der Waals surface area contributed by atoms with Gasteiger partial charge in [-0.05, 0) is 36.2 Å². The molecule has 0 aromatic heterocycles. The van der Waals surface area contributed by atoms with Crippen LogP contribution >= 0.6 is 0 Å². The van der Waals surface area contributed by atoms with Crippen molar-refractivity contribution in [1.29, 1.82) is 0 Å². The highest BCUT2D eigenvalue weighted by molar-refractivity contribution is 5.88. The number of carbonyl (C=O) groups is 1. The zero-order valence-electron chi connectivity index (χ0n) is 8.66. The summed E-state index contributed by atoms with van der Waals surface area (Å²) < 4.78 is 13.4. The molecule has 1 heterocycles. The number of carboxylic acids is 1. The number of rotatable bonds is 2. The van der Waals surface area contributed by atoms with Gasteiger partial charge in [0.25, 0.3) is 0 Å². The first-order valence-corrected chi connectivity index (χ1v) is 5.11. The molecule has 0 unspecified atom stereocenters. The van der Waals surface area contributed by atoms with Gasteiger partial charge in [-0.25, -0.2) is 9.18 Å². The maximum atomic E-state index is 13.4. The van der Waals surface area contributed by atoms with Crippen molar-refractivity contribution in [3.05, 3.63) is 41.2 Å². The molecule has 0 aliphatic carbocycles. The van der Waals surface area contributed by atoms with Crippen LogP contribution in [-0.2, 0) is 0 Å². The molecule has 1 aromatic carbocycles. The minimum Gasteiger partial charge on any atom is -0.478 e. The number of hydrogen-bond acceptors (Lipinski definition) is 2. The van der Waals surface area contributed by atoms with Crippen molar-refractivity contribution < 1.29 is 14.3 Å². The summed E-state index contributed by atoms with van der Waals surface area (Å²) in [6.07, 6.45) is 2.84. The van der Waals surface area contributed by atoms with Crippen LogP contribution in [0.25, 0.3) is 5.57 Å². The van der Waals surface area contributed by atoms with Crippen molar-refractivity contribution in [3.8, 4) is 0 Å². The molecule has 2 rings (SSSR count). The van der Waals surface area contributed by atoms with Crippen LogP contribution in [0.15, 0.2) is 24.3 Å². The normalized spacial score (nSPS) is 15.7. The second-order valence-electron chi connectivity index (χ2n) is 3.68. The van der Waals surface area contributed by atoms with Crippen molar-refractivity contribution in [2.24, 2.45) is 0 Å². The van der Waals surface area contributed by atoms with Gasteiger partial charge in [-0.3, -0.25) is 0 Å². The SMILES string of the molecule is O=C(O)c1ccc(C2=CCNCC2)cc1F. The van der Waals surface area contributed by atoms with Gasteiger partial charge in [0.2, 0.25) is 0 Å². The first-order chi connectivity index (χ1) is 7.68. The summed E-state index contributed by atoms with van der Waals surface area (Å²) in [5.74, 6) is -1.91. The van der Waals surface area contributed by atoms with Crippen LogP contribution in [0.4, 0.5) is 4.39 Å². The third-order valence-corrected chi connectivity index (χ3v) is 2.63. The van der Waals surface area contributed by atoms with Gasteiger partial charge in [0, 0.05) is 6.54 Å². The van der Waals surface area contributed by atoms with Crippen LogP contribution in [0.5, 0.6) is 0 Å². The Morgan fingerprint density at radius 3 is 2.81 bits per heavy atom. The van der Waals surface area contributed by atoms with Gasteiger partial charge in [-0.1, -0.05) is 12.1 Å². The zero-order chi connectivity index (χ0) is 11.5. The first kappa shape index (κ1) is 10.8. The monoisotopic (exact) mass is 221 g/mol. The number of carboxylic acid groups (broad SMARTS) is 1. The molecule has 16 heavy (non-hydrogen) atoms. The summed E-state index contributed by atoms with van der Waals surface area (Å²) in [4.78, 5) is 10.6. The van der Waals surface area contributed by atoms with Gasteiger partial charge in [0.05, 0.1) is 5.56 Å². The van der Waals surface area contributed by atoms with E-state index in [9.17, 15) is 9.18 Å². The summed E-state index contributed by atoms with van der Waals surface area (Å²) in [5, 5.41) is 11.9. The van der Waals surface area contributed by atoms with Crippen molar-refractivity contribution in [2.45, 2.75) is 6.42 Å². The second kappa shape index (κ2) is 4.45. The lowest BCUT2D eigenvalue weighted by Gasteiger charge is -2.14. The fourth-order valence-electron chi connectivity index (χ4n) is 1.77. The number of hydrogen-bond donors (Lipinski definition) is 2. The Bertz CT molecular complexity index is 454. The molecule has 0 saturated heterocycles. The van der Waals surface area contributed by atoms with Crippen molar-refractivity contribution >= 4 is 11.5 Å². The molecule has 0 spiro atoms. The molecule has 0 amide bonds. The second-order valence-corrected chi connectivity index (χ2v) is 3.68. The van der Waals surface area contributed by atoms with E-state index in [1.807, 2.05) is 6.08 Å². The fourth-order valence-corrected chi connectivity index (χ4v) is 1.77. The van der Waals surface area contributed by atoms with Gasteiger partial charge < -0.3 is 10.4 Å². The van der Waals surface area contributed by atoms with E-state index in [4.69, 9.17) is 5.11 Å². The molecule has 0 atom stereocenters. The van der Waals surface area contributed by atoms with Gasteiger partial charge in [-0.2, -0.15) is 0 Å². The Balaban J connectivity index is 2.33. The smallest absolute Gasteiger partial charge is 0.338 e. The van der Waals surface area contributed by atoms with E-state index in [0.717, 1.165) is 30.6 Å². The standard InChI is InChI=1S/C12H12FNO2/c13-11-7-9(1-2-10(11)12(15)16)8-3-5-14-6-4-8/h1-3,7,14H,4-6H2,(H,15,16). The summed E-state index contributed by atoms with van der Waals surface area (Å²) in [7, 11) is 0. The van der Waals surface area contributed by atoms with Crippen LogP contribution < -0.4 is 5.32 Å². The third kappa shape index (κ3) is 2.12. The predicted molar refractivity (Wildman–Crippen MR) is 58.8 cm³/mol. The summed E-state index contributed by atoms with van der Waals surface area (Å²) in [5.41, 5.74) is 1.55. The van der Waals surface area contributed by atoms with Crippen molar-refractivity contribution in [3.63, 3.8) is 0 Å². The molecule has 0 fully saturated rings. The quantitative estimate of drug-likeness (QED) is 0.801. The lowest BCUT2D eigenvalue weighted by molar-refractivity contribution is 0.0692. The van der Waals surface area contributed by atoms with E-state index >= 15 is 0 Å². The molecule has 3 nitrogen and oxygen atoms in total. The molecule has 0 radical (unpaired) electrons.